The Kier molecular flexibility index (Phi) is 4.80. The van der Waals surface area contributed by atoms with Crippen LogP contribution in [-0.2, 0) is 0 Å². The number of aliphatic hydroxyl groups is 1. The van der Waals surface area contributed by atoms with Gasteiger partial charge in [-0.25, -0.2) is 4.98 Å². The van der Waals surface area contributed by atoms with Crippen molar-refractivity contribution in [3.05, 3.63) is 52.6 Å². The van der Waals surface area contributed by atoms with Crippen molar-refractivity contribution in [2.24, 2.45) is 0 Å². The highest BCUT2D eigenvalue weighted by molar-refractivity contribution is 9.10. The lowest BCUT2D eigenvalue weighted by atomic mass is 10.1. The van der Waals surface area contributed by atoms with Crippen LogP contribution in [0.4, 0.5) is 0 Å². The molecule has 0 amide bonds. The van der Waals surface area contributed by atoms with Gasteiger partial charge in [0.05, 0.1) is 6.10 Å². The Morgan fingerprint density at radius 1 is 1.22 bits per heavy atom. The molecule has 1 aromatic heterocycles. The van der Waals surface area contributed by atoms with Crippen LogP contribution in [0.2, 0.25) is 0 Å². The molecule has 1 N–H and O–H groups in total. The zero-order chi connectivity index (χ0) is 13.0. The van der Waals surface area contributed by atoms with E-state index >= 15 is 0 Å². The van der Waals surface area contributed by atoms with Gasteiger partial charge in [-0.2, -0.15) is 0 Å². The van der Waals surface area contributed by atoms with Crippen molar-refractivity contribution in [2.75, 3.05) is 0 Å². The summed E-state index contributed by atoms with van der Waals surface area (Å²) in [7, 11) is 0. The number of rotatable bonds is 4. The lowest BCUT2D eigenvalue weighted by Crippen LogP contribution is -1.94. The molecule has 0 bridgehead atoms. The smallest absolute Gasteiger partial charge is 0.101 e. The summed E-state index contributed by atoms with van der Waals surface area (Å²) in [4.78, 5) is 5.44. The summed E-state index contributed by atoms with van der Waals surface area (Å²) in [6.45, 7) is 1.97. The standard InChI is InChI=1S/C14H14BrNOS/c1-2-13(17)10-3-6-12(7-4-10)18-14-8-5-11(15)9-16-14/h3-9,13,17H,2H2,1H3/t13-/m1/s1. The van der Waals surface area contributed by atoms with Crippen molar-refractivity contribution in [2.45, 2.75) is 29.4 Å². The first-order valence-corrected chi connectivity index (χ1v) is 7.37. The number of benzene rings is 1. The first kappa shape index (κ1) is 13.6. The molecule has 0 aliphatic carbocycles. The summed E-state index contributed by atoms with van der Waals surface area (Å²) in [6.07, 6.45) is 2.16. The third kappa shape index (κ3) is 3.57. The van der Waals surface area contributed by atoms with Crippen LogP contribution in [0.15, 0.2) is 57.0 Å². The van der Waals surface area contributed by atoms with E-state index in [1.807, 2.05) is 43.3 Å². The van der Waals surface area contributed by atoms with E-state index in [4.69, 9.17) is 0 Å². The van der Waals surface area contributed by atoms with Crippen LogP contribution >= 0.6 is 27.7 Å². The van der Waals surface area contributed by atoms with Gasteiger partial charge in [-0.05, 0) is 52.2 Å². The van der Waals surface area contributed by atoms with Crippen LogP contribution < -0.4 is 0 Å². The fraction of sp³-hybridized carbons (Fsp3) is 0.214. The molecule has 0 radical (unpaired) electrons. The molecule has 2 rings (SSSR count). The van der Waals surface area contributed by atoms with E-state index in [0.717, 1.165) is 26.4 Å². The summed E-state index contributed by atoms with van der Waals surface area (Å²) in [5.41, 5.74) is 0.964. The topological polar surface area (TPSA) is 33.1 Å². The average molecular weight is 324 g/mol. The minimum absolute atomic E-state index is 0.366. The maximum Gasteiger partial charge on any atom is 0.101 e. The van der Waals surface area contributed by atoms with E-state index in [1.165, 1.54) is 0 Å². The van der Waals surface area contributed by atoms with Gasteiger partial charge in [-0.1, -0.05) is 30.8 Å². The molecule has 0 aliphatic rings. The predicted octanol–water partition coefficient (Wildman–Crippen LogP) is 4.44. The summed E-state index contributed by atoms with van der Waals surface area (Å²) in [5, 5.41) is 10.7. The first-order valence-electron chi connectivity index (χ1n) is 5.76. The van der Waals surface area contributed by atoms with Crippen LogP contribution in [0.1, 0.15) is 25.0 Å². The van der Waals surface area contributed by atoms with Crippen LogP contribution in [0.25, 0.3) is 0 Å². The largest absolute Gasteiger partial charge is 0.388 e. The van der Waals surface area contributed by atoms with Gasteiger partial charge in [0.2, 0.25) is 0 Å². The van der Waals surface area contributed by atoms with Gasteiger partial charge in [0.15, 0.2) is 0 Å². The Balaban J connectivity index is 2.08. The predicted molar refractivity (Wildman–Crippen MR) is 77.8 cm³/mol. The molecule has 4 heteroatoms. The maximum absolute atomic E-state index is 9.72. The van der Waals surface area contributed by atoms with Gasteiger partial charge in [0, 0.05) is 15.6 Å². The summed E-state index contributed by atoms with van der Waals surface area (Å²) in [5.74, 6) is 0. The molecule has 1 atom stereocenters. The van der Waals surface area contributed by atoms with Gasteiger partial charge >= 0.3 is 0 Å². The minimum atomic E-state index is -0.366. The fourth-order valence-electron chi connectivity index (χ4n) is 1.54. The van der Waals surface area contributed by atoms with Gasteiger partial charge in [0.25, 0.3) is 0 Å². The molecule has 0 saturated carbocycles. The van der Waals surface area contributed by atoms with Crippen molar-refractivity contribution >= 4 is 27.7 Å². The molecular weight excluding hydrogens is 310 g/mol. The van der Waals surface area contributed by atoms with Crippen LogP contribution in [-0.4, -0.2) is 10.1 Å². The molecule has 0 spiro atoms. The third-order valence-corrected chi connectivity index (χ3v) is 4.00. The Morgan fingerprint density at radius 2 is 1.94 bits per heavy atom. The molecule has 2 nitrogen and oxygen atoms in total. The van der Waals surface area contributed by atoms with Gasteiger partial charge in [-0.15, -0.1) is 0 Å². The van der Waals surface area contributed by atoms with Crippen LogP contribution in [0, 0.1) is 0 Å². The molecule has 94 valence electrons. The molecule has 1 heterocycles. The highest BCUT2D eigenvalue weighted by atomic mass is 79.9. The van der Waals surface area contributed by atoms with Crippen molar-refractivity contribution in [1.82, 2.24) is 4.98 Å². The van der Waals surface area contributed by atoms with Crippen molar-refractivity contribution in [3.63, 3.8) is 0 Å². The number of nitrogens with zero attached hydrogens (tertiary/aromatic N) is 1. The van der Waals surface area contributed by atoms with Crippen molar-refractivity contribution in [1.29, 1.82) is 0 Å². The lowest BCUT2D eigenvalue weighted by Gasteiger charge is -2.08. The van der Waals surface area contributed by atoms with Gasteiger partial charge in [0.1, 0.15) is 5.03 Å². The Labute approximate surface area is 120 Å². The second kappa shape index (κ2) is 6.36. The number of aliphatic hydroxyl groups excluding tert-OH is 1. The normalized spacial score (nSPS) is 12.4. The molecule has 0 fully saturated rings. The summed E-state index contributed by atoms with van der Waals surface area (Å²) in [6, 6.07) is 11.9. The SMILES string of the molecule is CC[C@@H](O)c1ccc(Sc2ccc(Br)cn2)cc1. The molecule has 1 aromatic carbocycles. The second-order valence-corrected chi connectivity index (χ2v) is 5.92. The highest BCUT2D eigenvalue weighted by Gasteiger charge is 2.05. The number of aromatic nitrogens is 1. The fourth-order valence-corrected chi connectivity index (χ4v) is 2.53. The van der Waals surface area contributed by atoms with Gasteiger partial charge < -0.3 is 5.11 Å². The zero-order valence-corrected chi connectivity index (χ0v) is 12.4. The molecular formula is C14H14BrNOS. The van der Waals surface area contributed by atoms with E-state index in [1.54, 1.807) is 18.0 Å². The average Bonchev–Trinajstić information content (AvgIpc) is 2.41. The van der Waals surface area contributed by atoms with E-state index in [2.05, 4.69) is 20.9 Å². The third-order valence-electron chi connectivity index (χ3n) is 2.57. The van der Waals surface area contributed by atoms with E-state index in [0.29, 0.717) is 0 Å². The lowest BCUT2D eigenvalue weighted by molar-refractivity contribution is 0.173. The number of hydrogen-bond donors (Lipinski definition) is 1. The van der Waals surface area contributed by atoms with E-state index in [-0.39, 0.29) is 6.10 Å². The quantitative estimate of drug-likeness (QED) is 0.903. The zero-order valence-electron chi connectivity index (χ0n) is 10.0. The van der Waals surface area contributed by atoms with Crippen LogP contribution in [0.5, 0.6) is 0 Å². The number of hydrogen-bond acceptors (Lipinski definition) is 3. The molecule has 0 unspecified atom stereocenters. The van der Waals surface area contributed by atoms with Crippen molar-refractivity contribution < 1.29 is 5.11 Å². The van der Waals surface area contributed by atoms with Crippen molar-refractivity contribution in [3.8, 4) is 0 Å². The molecule has 18 heavy (non-hydrogen) atoms. The Bertz CT molecular complexity index is 498. The molecule has 0 saturated heterocycles. The highest BCUT2D eigenvalue weighted by Crippen LogP contribution is 2.28. The molecule has 0 aliphatic heterocycles. The second-order valence-electron chi connectivity index (χ2n) is 3.91. The Morgan fingerprint density at radius 3 is 2.50 bits per heavy atom. The molecule has 2 aromatic rings. The Hall–Kier alpha value is -0.840. The number of halogens is 1. The monoisotopic (exact) mass is 323 g/mol. The van der Waals surface area contributed by atoms with E-state index in [9.17, 15) is 5.11 Å². The summed E-state index contributed by atoms with van der Waals surface area (Å²) >= 11 is 4.98. The van der Waals surface area contributed by atoms with Gasteiger partial charge in [-0.3, -0.25) is 0 Å². The van der Waals surface area contributed by atoms with E-state index < -0.39 is 0 Å². The number of pyridine rings is 1. The maximum atomic E-state index is 9.72. The minimum Gasteiger partial charge on any atom is -0.388 e. The first-order chi connectivity index (χ1) is 8.69. The summed E-state index contributed by atoms with van der Waals surface area (Å²) < 4.78 is 0.980. The van der Waals surface area contributed by atoms with Crippen LogP contribution in [0.3, 0.4) is 0 Å².